The number of aromatic amines is 1. The molecule has 6 nitrogen and oxygen atoms in total. The molecule has 2 aromatic rings. The van der Waals surface area contributed by atoms with Crippen LogP contribution in [-0.2, 0) is 6.54 Å². The Morgan fingerprint density at radius 1 is 1.29 bits per heavy atom. The molecular weight excluding hydrogens is 292 g/mol. The van der Waals surface area contributed by atoms with Crippen molar-refractivity contribution < 1.29 is 14.6 Å². The van der Waals surface area contributed by atoms with Gasteiger partial charge in [-0.3, -0.25) is 9.78 Å². The minimum absolute atomic E-state index is 0.0976. The molecule has 0 bridgehead atoms. The number of rotatable bonds is 5. The van der Waals surface area contributed by atoms with E-state index in [2.05, 4.69) is 4.98 Å². The van der Waals surface area contributed by atoms with Gasteiger partial charge in [0, 0.05) is 18.2 Å². The quantitative estimate of drug-likeness (QED) is 0.820. The highest BCUT2D eigenvalue weighted by atomic mass is 32.1. The lowest BCUT2D eigenvalue weighted by molar-refractivity contribution is 0.275. The second-order valence-corrected chi connectivity index (χ2v) is 4.65. The van der Waals surface area contributed by atoms with E-state index in [1.165, 1.54) is 6.07 Å². The van der Waals surface area contributed by atoms with E-state index < -0.39 is 0 Å². The highest BCUT2D eigenvalue weighted by Crippen LogP contribution is 2.32. The smallest absolute Gasteiger partial charge is 0.252 e. The SMILES string of the molecule is COc1ccc(OC)c(-c2cc(=O)[nH]c(=S)n2CCO)c1. The van der Waals surface area contributed by atoms with Crippen molar-refractivity contribution in [1.29, 1.82) is 0 Å². The van der Waals surface area contributed by atoms with Gasteiger partial charge in [0.2, 0.25) is 0 Å². The van der Waals surface area contributed by atoms with Gasteiger partial charge in [-0.25, -0.2) is 0 Å². The van der Waals surface area contributed by atoms with Gasteiger partial charge in [0.25, 0.3) is 5.56 Å². The summed E-state index contributed by atoms with van der Waals surface area (Å²) in [7, 11) is 3.10. The van der Waals surface area contributed by atoms with E-state index >= 15 is 0 Å². The highest BCUT2D eigenvalue weighted by Gasteiger charge is 2.13. The first-order valence-electron chi connectivity index (χ1n) is 6.28. The number of aromatic nitrogens is 2. The van der Waals surface area contributed by atoms with Crippen LogP contribution >= 0.6 is 12.2 Å². The molecule has 0 atom stereocenters. The third-order valence-electron chi connectivity index (χ3n) is 3.04. The van der Waals surface area contributed by atoms with Gasteiger partial charge in [0.15, 0.2) is 4.77 Å². The Kier molecular flexibility index (Phi) is 4.77. The normalized spacial score (nSPS) is 10.4. The summed E-state index contributed by atoms with van der Waals surface area (Å²) in [5.74, 6) is 1.22. The van der Waals surface area contributed by atoms with Crippen LogP contribution in [0.15, 0.2) is 29.1 Å². The van der Waals surface area contributed by atoms with Crippen molar-refractivity contribution >= 4 is 12.2 Å². The van der Waals surface area contributed by atoms with E-state index in [1.807, 2.05) is 0 Å². The predicted octanol–water partition coefficient (Wildman–Crippen LogP) is 1.58. The number of aliphatic hydroxyl groups excluding tert-OH is 1. The van der Waals surface area contributed by atoms with Crippen LogP contribution in [0.25, 0.3) is 11.3 Å². The summed E-state index contributed by atoms with van der Waals surface area (Å²) in [5.41, 5.74) is 0.921. The Morgan fingerprint density at radius 3 is 2.67 bits per heavy atom. The Bertz CT molecular complexity index is 751. The van der Waals surface area contributed by atoms with Crippen molar-refractivity contribution in [3.63, 3.8) is 0 Å². The van der Waals surface area contributed by atoms with Crippen LogP contribution < -0.4 is 15.0 Å². The Balaban J connectivity index is 2.76. The molecule has 0 aliphatic heterocycles. The zero-order valence-electron chi connectivity index (χ0n) is 11.8. The van der Waals surface area contributed by atoms with Crippen LogP contribution in [-0.4, -0.2) is 35.5 Å². The van der Waals surface area contributed by atoms with Crippen molar-refractivity contribution in [3.8, 4) is 22.8 Å². The molecule has 0 saturated carbocycles. The first-order valence-corrected chi connectivity index (χ1v) is 6.69. The molecule has 2 rings (SSSR count). The minimum Gasteiger partial charge on any atom is -0.497 e. The summed E-state index contributed by atoms with van der Waals surface area (Å²) in [5, 5.41) is 9.20. The lowest BCUT2D eigenvalue weighted by Gasteiger charge is -2.15. The zero-order valence-corrected chi connectivity index (χ0v) is 12.6. The van der Waals surface area contributed by atoms with Gasteiger partial charge < -0.3 is 19.1 Å². The first kappa shape index (κ1) is 15.3. The molecule has 0 fully saturated rings. The molecule has 112 valence electrons. The average Bonchev–Trinajstić information content (AvgIpc) is 2.49. The third kappa shape index (κ3) is 3.14. The lowest BCUT2D eigenvalue weighted by Crippen LogP contribution is -2.16. The van der Waals surface area contributed by atoms with Crippen molar-refractivity contribution in [2.45, 2.75) is 6.54 Å². The fourth-order valence-corrected chi connectivity index (χ4v) is 2.37. The van der Waals surface area contributed by atoms with Crippen LogP contribution in [0.2, 0.25) is 0 Å². The summed E-state index contributed by atoms with van der Waals surface area (Å²) in [6, 6.07) is 6.70. The zero-order chi connectivity index (χ0) is 15.4. The molecule has 2 N–H and O–H groups in total. The van der Waals surface area contributed by atoms with Crippen molar-refractivity contribution in [3.05, 3.63) is 39.4 Å². The number of benzene rings is 1. The van der Waals surface area contributed by atoms with Gasteiger partial charge in [0.05, 0.1) is 26.5 Å². The van der Waals surface area contributed by atoms with Gasteiger partial charge >= 0.3 is 0 Å². The Hall–Kier alpha value is -2.12. The summed E-state index contributed by atoms with van der Waals surface area (Å²) >= 11 is 5.16. The van der Waals surface area contributed by atoms with E-state index in [4.69, 9.17) is 21.7 Å². The summed E-state index contributed by atoms with van der Waals surface area (Å²) in [6.07, 6.45) is 0. The van der Waals surface area contributed by atoms with Gasteiger partial charge in [-0.1, -0.05) is 0 Å². The monoisotopic (exact) mass is 308 g/mol. The van der Waals surface area contributed by atoms with Crippen LogP contribution in [0, 0.1) is 4.77 Å². The summed E-state index contributed by atoms with van der Waals surface area (Å²) in [4.78, 5) is 14.3. The molecule has 0 aliphatic rings. The van der Waals surface area contributed by atoms with E-state index in [-0.39, 0.29) is 23.5 Å². The molecule has 0 unspecified atom stereocenters. The molecule has 1 aromatic carbocycles. The number of H-pyrrole nitrogens is 1. The van der Waals surface area contributed by atoms with Crippen LogP contribution in [0.3, 0.4) is 0 Å². The van der Waals surface area contributed by atoms with Crippen LogP contribution in [0.1, 0.15) is 0 Å². The van der Waals surface area contributed by atoms with Crippen LogP contribution in [0.4, 0.5) is 0 Å². The summed E-state index contributed by atoms with van der Waals surface area (Å²) < 4.78 is 12.4. The molecule has 0 radical (unpaired) electrons. The lowest BCUT2D eigenvalue weighted by atomic mass is 10.1. The average molecular weight is 308 g/mol. The molecule has 7 heteroatoms. The Labute approximate surface area is 126 Å². The molecule has 21 heavy (non-hydrogen) atoms. The van der Waals surface area contributed by atoms with E-state index in [0.717, 1.165) is 0 Å². The minimum atomic E-state index is -0.311. The third-order valence-corrected chi connectivity index (χ3v) is 3.36. The predicted molar refractivity (Wildman–Crippen MR) is 81.5 cm³/mol. The van der Waals surface area contributed by atoms with E-state index in [0.29, 0.717) is 22.8 Å². The Morgan fingerprint density at radius 2 is 2.05 bits per heavy atom. The molecule has 0 spiro atoms. The van der Waals surface area contributed by atoms with Crippen molar-refractivity contribution in [2.24, 2.45) is 0 Å². The number of hydrogen-bond donors (Lipinski definition) is 2. The largest absolute Gasteiger partial charge is 0.497 e. The van der Waals surface area contributed by atoms with Crippen molar-refractivity contribution in [1.82, 2.24) is 9.55 Å². The molecular formula is C14H16N2O4S. The standard InChI is InChI=1S/C14H16N2O4S/c1-19-9-3-4-12(20-2)10(7-9)11-8-13(18)15-14(21)16(11)5-6-17/h3-4,7-8,17H,5-6H2,1-2H3,(H,15,18,21). The number of nitrogens with zero attached hydrogens (tertiary/aromatic N) is 1. The second kappa shape index (κ2) is 6.55. The molecule has 1 aromatic heterocycles. The van der Waals surface area contributed by atoms with Crippen molar-refractivity contribution in [2.75, 3.05) is 20.8 Å². The number of methoxy groups -OCH3 is 2. The molecule has 1 heterocycles. The van der Waals surface area contributed by atoms with Gasteiger partial charge in [0.1, 0.15) is 11.5 Å². The number of nitrogens with one attached hydrogen (secondary N) is 1. The second-order valence-electron chi connectivity index (χ2n) is 4.27. The maximum absolute atomic E-state index is 11.7. The fourth-order valence-electron chi connectivity index (χ4n) is 2.08. The molecule has 0 saturated heterocycles. The molecule has 0 aliphatic carbocycles. The van der Waals surface area contributed by atoms with Gasteiger partial charge in [-0.05, 0) is 30.4 Å². The highest BCUT2D eigenvalue weighted by molar-refractivity contribution is 7.71. The maximum Gasteiger partial charge on any atom is 0.252 e. The topological polar surface area (TPSA) is 76.5 Å². The number of ether oxygens (including phenoxy) is 2. The van der Waals surface area contributed by atoms with Gasteiger partial charge in [-0.15, -0.1) is 0 Å². The first-order chi connectivity index (χ1) is 10.1. The maximum atomic E-state index is 11.7. The summed E-state index contributed by atoms with van der Waals surface area (Å²) in [6.45, 7) is 0.172. The van der Waals surface area contributed by atoms with Crippen LogP contribution in [0.5, 0.6) is 11.5 Å². The van der Waals surface area contributed by atoms with E-state index in [1.54, 1.807) is 37.0 Å². The molecule has 0 amide bonds. The van der Waals surface area contributed by atoms with E-state index in [9.17, 15) is 9.90 Å². The fraction of sp³-hybridized carbons (Fsp3) is 0.286. The van der Waals surface area contributed by atoms with Gasteiger partial charge in [-0.2, -0.15) is 0 Å². The number of aliphatic hydroxyl groups is 1. The number of hydrogen-bond acceptors (Lipinski definition) is 5.